The summed E-state index contributed by atoms with van der Waals surface area (Å²) < 4.78 is 59.4. The average molecular weight is 803 g/mol. The Bertz CT molecular complexity index is 1750. The third-order valence-electron chi connectivity index (χ3n) is 6.80. The Hall–Kier alpha value is -3.46. The van der Waals surface area contributed by atoms with Crippen LogP contribution < -0.4 is 79.8 Å². The van der Waals surface area contributed by atoms with Gasteiger partial charge in [-0.15, -0.1) is 0 Å². The number of phosphoric acid groups is 3. The third kappa shape index (κ3) is 14.9. The molecule has 1 amide bonds. The van der Waals surface area contributed by atoms with E-state index >= 15 is 0 Å². The van der Waals surface area contributed by atoms with Crippen LogP contribution in [0.2, 0.25) is 0 Å². The van der Waals surface area contributed by atoms with E-state index < -0.39 is 40.9 Å². The highest BCUT2D eigenvalue weighted by Crippen LogP contribution is 2.53. The van der Waals surface area contributed by atoms with E-state index in [1.54, 1.807) is 6.08 Å². The molecule has 2 aromatic carbocycles. The van der Waals surface area contributed by atoms with Crippen molar-refractivity contribution in [1.29, 1.82) is 0 Å². The third-order valence-corrected chi connectivity index (χ3v) is 8.70. The maximum Gasteiger partial charge on any atom is 0.624 e. The molecule has 0 saturated carbocycles. The molecule has 2 aromatic rings. The summed E-state index contributed by atoms with van der Waals surface area (Å²) >= 11 is 0. The summed E-state index contributed by atoms with van der Waals surface area (Å²) in [6.45, 7) is 7.80. The number of para-hydroxylation sites is 1. The molecular weight excluding hydrogens is 749 g/mol. The minimum Gasteiger partial charge on any atom is -0.780 e. The van der Waals surface area contributed by atoms with Crippen molar-refractivity contribution in [1.82, 2.24) is 24.6 Å². The van der Waals surface area contributed by atoms with Crippen molar-refractivity contribution in [3.8, 4) is 17.2 Å². The summed E-state index contributed by atoms with van der Waals surface area (Å²) in [4.78, 5) is 61.7. The SMILES string of the molecule is CC(C)=CCC/C(C)=C/CC/C(C)=C/CN1C(=O)c2cccc(OP(=O)(O[NH3+])O[NH3+])c2Nc2c(OP(=O)([O-])[O-])cc(OP(=O)([O-])[O-])cc21.[NH4+].[NH4+].[NH4+].[NH4+]. The minimum absolute atomic E-state index is 0. The van der Waals surface area contributed by atoms with Crippen LogP contribution in [0, 0.1) is 0 Å². The zero-order valence-electron chi connectivity index (χ0n) is 30.7. The van der Waals surface area contributed by atoms with Crippen LogP contribution in [0.3, 0.4) is 0 Å². The maximum atomic E-state index is 14.1. The standard InChI is InChI=1S/C28H39N4O13P3.4H3N/c1-18(2)8-5-9-19(3)10-6-11-20(4)14-15-32-23-16-21(41-46(34,35)36)17-25(42-47(37,38)39)27(23)31-26-22(28(32)33)12-7-13-24(26)43-48(40,44-29)45-30;;;;/h7-8,10,12-14,16-17H,5-6,9,11,15H2,1-4,29-30H3,(H3-2,31,33,34,35,36,37,38,39);4*1H3/p+2/b19-10+,20-14+;;;;. The Morgan fingerprint density at radius 1 is 0.769 bits per heavy atom. The molecule has 1 aliphatic heterocycles. The first kappa shape index (κ1) is 50.6. The molecule has 0 saturated heterocycles. The molecule has 0 spiro atoms. The molecule has 1 heterocycles. The maximum absolute atomic E-state index is 14.1. The number of rotatable bonds is 16. The van der Waals surface area contributed by atoms with Gasteiger partial charge >= 0.3 is 7.82 Å². The number of allylic oxidation sites excluding steroid dienone is 5. The number of amides is 1. The summed E-state index contributed by atoms with van der Waals surface area (Å²) in [5.74, 6) is 3.41. The molecule has 3 rings (SSSR count). The van der Waals surface area contributed by atoms with E-state index in [0.29, 0.717) is 18.9 Å². The second-order valence-electron chi connectivity index (χ2n) is 10.9. The van der Waals surface area contributed by atoms with Gasteiger partial charge in [0, 0.05) is 18.7 Å². The summed E-state index contributed by atoms with van der Waals surface area (Å²) in [6, 6.07) is 5.60. The van der Waals surface area contributed by atoms with E-state index in [-0.39, 0.29) is 59.5 Å². The van der Waals surface area contributed by atoms with Crippen molar-refractivity contribution in [2.75, 3.05) is 16.8 Å². The normalized spacial score (nSPS) is 13.0. The number of hydrogen-bond donors (Lipinski definition) is 7. The van der Waals surface area contributed by atoms with Crippen molar-refractivity contribution in [3.63, 3.8) is 0 Å². The quantitative estimate of drug-likeness (QED) is 0.0725. The number of quaternary nitrogens is 6. The second-order valence-corrected chi connectivity index (χ2v) is 14.6. The van der Waals surface area contributed by atoms with Crippen LogP contribution in [-0.4, -0.2) is 12.5 Å². The fourth-order valence-electron chi connectivity index (χ4n) is 4.56. The highest BCUT2D eigenvalue weighted by Gasteiger charge is 2.37. The van der Waals surface area contributed by atoms with Gasteiger partial charge < -0.3 is 77.1 Å². The number of anilines is 3. The molecule has 0 fully saturated rings. The zero-order chi connectivity index (χ0) is 35.9. The van der Waals surface area contributed by atoms with Gasteiger partial charge in [-0.3, -0.25) is 4.79 Å². The Labute approximate surface area is 301 Å². The number of carbonyl (C=O) groups is 1. The summed E-state index contributed by atoms with van der Waals surface area (Å²) in [6.07, 6.45) is 9.17. The molecule has 296 valence electrons. The van der Waals surface area contributed by atoms with Gasteiger partial charge in [0.1, 0.15) is 27.1 Å². The monoisotopic (exact) mass is 802 g/mol. The van der Waals surface area contributed by atoms with Gasteiger partial charge in [-0.05, 0) is 65.5 Å². The Morgan fingerprint density at radius 2 is 1.33 bits per heavy atom. The van der Waals surface area contributed by atoms with Crippen LogP contribution in [-0.2, 0) is 22.9 Å². The van der Waals surface area contributed by atoms with Crippen molar-refractivity contribution in [2.24, 2.45) is 0 Å². The molecule has 0 radical (unpaired) electrons. The van der Waals surface area contributed by atoms with Crippen molar-refractivity contribution in [3.05, 3.63) is 70.8 Å². The number of hydrogen-bond acceptors (Lipinski definition) is 14. The fourth-order valence-corrected chi connectivity index (χ4v) is 5.88. The molecule has 23 N–H and O–H groups in total. The molecule has 52 heavy (non-hydrogen) atoms. The second kappa shape index (κ2) is 21.3. The van der Waals surface area contributed by atoms with Gasteiger partial charge in [-0.1, -0.05) is 50.3 Å². The van der Waals surface area contributed by atoms with Crippen LogP contribution in [0.4, 0.5) is 17.1 Å². The molecule has 0 aromatic heterocycles. The number of phosphoric ester groups is 2. The number of fused-ring (bicyclic) bond motifs is 2. The Balaban J connectivity index is 0. The van der Waals surface area contributed by atoms with Crippen LogP contribution in [0.1, 0.15) is 63.7 Å². The van der Waals surface area contributed by atoms with Gasteiger partial charge in [0.2, 0.25) is 0 Å². The number of nitrogens with zero attached hydrogens (tertiary/aromatic N) is 1. The van der Waals surface area contributed by atoms with Gasteiger partial charge in [0.25, 0.3) is 5.91 Å². The fraction of sp³-hybridized carbons (Fsp3) is 0.321. The van der Waals surface area contributed by atoms with Crippen LogP contribution in [0.5, 0.6) is 17.2 Å². The van der Waals surface area contributed by atoms with E-state index in [4.69, 9.17) is 4.52 Å². The van der Waals surface area contributed by atoms with Crippen LogP contribution in [0.15, 0.2) is 65.3 Å². The zero-order valence-corrected chi connectivity index (χ0v) is 33.3. The first-order chi connectivity index (χ1) is 22.3. The summed E-state index contributed by atoms with van der Waals surface area (Å²) in [7, 11) is -16.0. The van der Waals surface area contributed by atoms with Gasteiger partial charge in [-0.25, -0.2) is 4.57 Å². The van der Waals surface area contributed by atoms with Crippen molar-refractivity contribution >= 4 is 46.4 Å². The first-order valence-corrected chi connectivity index (χ1v) is 18.7. The van der Waals surface area contributed by atoms with Gasteiger partial charge in [0.05, 0.1) is 16.9 Å². The molecule has 0 atom stereocenters. The number of carbonyl (C=O) groups excluding carboxylic acids is 1. The van der Waals surface area contributed by atoms with Crippen LogP contribution in [0.25, 0.3) is 0 Å². The predicted octanol–water partition coefficient (Wildman–Crippen LogP) is 3.56. The highest BCUT2D eigenvalue weighted by atomic mass is 31.2. The molecule has 1 aliphatic rings. The molecule has 21 nitrogen and oxygen atoms in total. The summed E-state index contributed by atoms with van der Waals surface area (Å²) in [5, 5.41) is 2.74. The van der Waals surface area contributed by atoms with Crippen LogP contribution >= 0.6 is 23.5 Å². The predicted molar refractivity (Wildman–Crippen MR) is 190 cm³/mol. The molecule has 24 heteroatoms. The topological polar surface area (TPSA) is 423 Å². The van der Waals surface area contributed by atoms with Crippen molar-refractivity contribution in [2.45, 2.75) is 53.4 Å². The van der Waals surface area contributed by atoms with E-state index in [2.05, 4.69) is 47.6 Å². The smallest absolute Gasteiger partial charge is 0.624 e. The minimum atomic E-state index is -5.84. The molecular formula is C28H53N8O13P3+2. The molecule has 0 bridgehead atoms. The first-order valence-electron chi connectivity index (χ1n) is 14.3. The van der Waals surface area contributed by atoms with Gasteiger partial charge in [0.15, 0.2) is 11.5 Å². The lowest BCUT2D eigenvalue weighted by molar-refractivity contribution is -0.682. The highest BCUT2D eigenvalue weighted by molar-refractivity contribution is 7.48. The lowest BCUT2D eigenvalue weighted by atomic mass is 10.1. The van der Waals surface area contributed by atoms with Crippen molar-refractivity contribution < 1.29 is 72.7 Å². The average Bonchev–Trinajstić information content (AvgIpc) is 3.09. The van der Waals surface area contributed by atoms with E-state index in [9.17, 15) is 38.1 Å². The van der Waals surface area contributed by atoms with E-state index in [1.807, 2.05) is 27.7 Å². The summed E-state index contributed by atoms with van der Waals surface area (Å²) in [5.41, 5.74) is 2.40. The Kier molecular flexibility index (Phi) is 20.7. The largest absolute Gasteiger partial charge is 0.780 e. The molecule has 0 unspecified atom stereocenters. The number of benzene rings is 2. The lowest BCUT2D eigenvalue weighted by Crippen LogP contribution is -2.54. The Morgan fingerprint density at radius 3 is 1.87 bits per heavy atom. The van der Waals surface area contributed by atoms with Gasteiger partial charge in [-0.2, -0.15) is 11.8 Å². The number of nitrogens with one attached hydrogen (secondary N) is 1. The van der Waals surface area contributed by atoms with E-state index in [0.717, 1.165) is 29.4 Å². The molecule has 0 aliphatic carbocycles. The van der Waals surface area contributed by atoms with E-state index in [1.165, 1.54) is 29.3 Å². The lowest BCUT2D eigenvalue weighted by Gasteiger charge is -2.33.